The van der Waals surface area contributed by atoms with Crippen molar-refractivity contribution >= 4 is 5.97 Å². The first kappa shape index (κ1) is 15.7. The van der Waals surface area contributed by atoms with Crippen molar-refractivity contribution < 1.29 is 9.53 Å². The molecule has 0 atom stereocenters. The topological polar surface area (TPSA) is 39.2 Å². The molecular formula is C16H25NO2. The van der Waals surface area contributed by atoms with Crippen LogP contribution in [0.3, 0.4) is 0 Å². The molecule has 0 aliphatic rings. The Hall–Kier alpha value is -1.38. The van der Waals surface area contributed by atoms with Crippen molar-refractivity contribution in [2.24, 2.45) is 5.92 Å². The first-order valence-corrected chi connectivity index (χ1v) is 7.27. The summed E-state index contributed by atoms with van der Waals surface area (Å²) in [6.07, 6.45) is 10.5. The number of esters is 1. The number of carbonyl (C=O) groups excluding carboxylic acids is 1. The lowest BCUT2D eigenvalue weighted by molar-refractivity contribution is 0.0497. The number of unbranched alkanes of at least 4 members (excludes halogenated alkanes) is 4. The summed E-state index contributed by atoms with van der Waals surface area (Å²) < 4.78 is 5.21. The summed E-state index contributed by atoms with van der Waals surface area (Å²) in [6, 6.07) is 3.35. The molecule has 1 rings (SSSR count). The molecule has 1 aromatic rings. The van der Waals surface area contributed by atoms with E-state index in [9.17, 15) is 4.79 Å². The molecule has 0 unspecified atom stereocenters. The Morgan fingerprint density at radius 2 is 1.74 bits per heavy atom. The molecular weight excluding hydrogens is 238 g/mol. The van der Waals surface area contributed by atoms with Gasteiger partial charge in [-0.05, 0) is 24.5 Å². The molecule has 0 aliphatic heterocycles. The van der Waals surface area contributed by atoms with E-state index in [0.29, 0.717) is 12.2 Å². The zero-order chi connectivity index (χ0) is 13.9. The third-order valence-corrected chi connectivity index (χ3v) is 3.07. The van der Waals surface area contributed by atoms with E-state index in [1.165, 1.54) is 25.7 Å². The van der Waals surface area contributed by atoms with Crippen molar-refractivity contribution in [2.75, 3.05) is 6.61 Å². The number of carbonyl (C=O) groups is 1. The van der Waals surface area contributed by atoms with E-state index >= 15 is 0 Å². The van der Waals surface area contributed by atoms with Crippen LogP contribution in [0.25, 0.3) is 0 Å². The number of aromatic nitrogens is 1. The van der Waals surface area contributed by atoms with Gasteiger partial charge in [0.2, 0.25) is 0 Å². The molecule has 0 amide bonds. The number of rotatable bonds is 9. The second-order valence-electron chi connectivity index (χ2n) is 5.32. The van der Waals surface area contributed by atoms with E-state index < -0.39 is 0 Å². The number of pyridine rings is 1. The summed E-state index contributed by atoms with van der Waals surface area (Å²) >= 11 is 0. The SMILES string of the molecule is CC(C)CCCCCCCOC(=O)c1ccncc1. The molecule has 0 N–H and O–H groups in total. The summed E-state index contributed by atoms with van der Waals surface area (Å²) in [5.41, 5.74) is 0.576. The molecule has 0 saturated heterocycles. The molecule has 0 fully saturated rings. The Balaban J connectivity index is 1.98. The third-order valence-electron chi connectivity index (χ3n) is 3.07. The van der Waals surface area contributed by atoms with Gasteiger partial charge in [-0.15, -0.1) is 0 Å². The minimum absolute atomic E-state index is 0.248. The molecule has 19 heavy (non-hydrogen) atoms. The minimum atomic E-state index is -0.248. The van der Waals surface area contributed by atoms with E-state index in [-0.39, 0.29) is 5.97 Å². The van der Waals surface area contributed by atoms with Crippen LogP contribution in [0.5, 0.6) is 0 Å². The first-order chi connectivity index (χ1) is 9.20. The van der Waals surface area contributed by atoms with E-state index in [1.807, 2.05) is 0 Å². The summed E-state index contributed by atoms with van der Waals surface area (Å²) in [7, 11) is 0. The fraction of sp³-hybridized carbons (Fsp3) is 0.625. The maximum absolute atomic E-state index is 11.6. The lowest BCUT2D eigenvalue weighted by Gasteiger charge is -2.05. The van der Waals surface area contributed by atoms with Gasteiger partial charge in [-0.2, -0.15) is 0 Å². The minimum Gasteiger partial charge on any atom is -0.462 e. The molecule has 0 bridgehead atoms. The summed E-state index contributed by atoms with van der Waals surface area (Å²) in [4.78, 5) is 15.5. The average molecular weight is 263 g/mol. The lowest BCUT2D eigenvalue weighted by Crippen LogP contribution is -2.06. The number of ether oxygens (including phenoxy) is 1. The molecule has 0 spiro atoms. The van der Waals surface area contributed by atoms with Gasteiger partial charge >= 0.3 is 5.97 Å². The molecule has 0 radical (unpaired) electrons. The molecule has 0 aliphatic carbocycles. The van der Waals surface area contributed by atoms with Crippen LogP contribution in [0, 0.1) is 5.92 Å². The van der Waals surface area contributed by atoms with Crippen molar-refractivity contribution in [2.45, 2.75) is 52.4 Å². The summed E-state index contributed by atoms with van der Waals surface area (Å²) in [5.74, 6) is 0.559. The Morgan fingerprint density at radius 1 is 1.11 bits per heavy atom. The van der Waals surface area contributed by atoms with Crippen LogP contribution in [0.1, 0.15) is 62.7 Å². The van der Waals surface area contributed by atoms with Gasteiger partial charge in [-0.25, -0.2) is 4.79 Å². The average Bonchev–Trinajstić information content (AvgIpc) is 2.42. The lowest BCUT2D eigenvalue weighted by atomic mass is 10.0. The standard InChI is InChI=1S/C16H25NO2/c1-14(2)8-6-4-3-5-7-13-19-16(18)15-9-11-17-12-10-15/h9-12,14H,3-8,13H2,1-2H3. The molecule has 0 aromatic carbocycles. The highest BCUT2D eigenvalue weighted by Crippen LogP contribution is 2.10. The van der Waals surface area contributed by atoms with E-state index in [2.05, 4.69) is 18.8 Å². The fourth-order valence-electron chi connectivity index (χ4n) is 1.92. The maximum atomic E-state index is 11.6. The highest BCUT2D eigenvalue weighted by molar-refractivity contribution is 5.89. The van der Waals surface area contributed by atoms with Crippen LogP contribution < -0.4 is 0 Å². The van der Waals surface area contributed by atoms with Crippen LogP contribution in [-0.2, 0) is 4.74 Å². The number of hydrogen-bond acceptors (Lipinski definition) is 3. The van der Waals surface area contributed by atoms with Crippen LogP contribution in [0.15, 0.2) is 24.5 Å². The highest BCUT2D eigenvalue weighted by atomic mass is 16.5. The monoisotopic (exact) mass is 263 g/mol. The van der Waals surface area contributed by atoms with Gasteiger partial charge in [0.25, 0.3) is 0 Å². The summed E-state index contributed by atoms with van der Waals surface area (Å²) in [6.45, 7) is 5.04. The third kappa shape index (κ3) is 7.60. The van der Waals surface area contributed by atoms with Crippen molar-refractivity contribution in [1.82, 2.24) is 4.98 Å². The molecule has 1 aromatic heterocycles. The van der Waals surface area contributed by atoms with Crippen molar-refractivity contribution in [1.29, 1.82) is 0 Å². The normalized spacial score (nSPS) is 10.7. The molecule has 106 valence electrons. The van der Waals surface area contributed by atoms with Crippen molar-refractivity contribution in [3.63, 3.8) is 0 Å². The smallest absolute Gasteiger partial charge is 0.338 e. The Morgan fingerprint density at radius 3 is 2.42 bits per heavy atom. The summed E-state index contributed by atoms with van der Waals surface area (Å²) in [5, 5.41) is 0. The van der Waals surface area contributed by atoms with Gasteiger partial charge in [0.1, 0.15) is 0 Å². The van der Waals surface area contributed by atoms with Crippen LogP contribution >= 0.6 is 0 Å². The second kappa shape index (κ2) is 9.54. The van der Waals surface area contributed by atoms with Gasteiger partial charge in [0, 0.05) is 12.4 Å². The molecule has 3 heteroatoms. The quantitative estimate of drug-likeness (QED) is 0.494. The largest absolute Gasteiger partial charge is 0.462 e. The fourth-order valence-corrected chi connectivity index (χ4v) is 1.92. The van der Waals surface area contributed by atoms with Gasteiger partial charge in [-0.1, -0.05) is 46.0 Å². The van der Waals surface area contributed by atoms with E-state index in [1.54, 1.807) is 24.5 Å². The molecule has 1 heterocycles. The predicted octanol–water partition coefficient (Wildman–Crippen LogP) is 4.24. The van der Waals surface area contributed by atoms with Gasteiger partial charge < -0.3 is 4.74 Å². The van der Waals surface area contributed by atoms with E-state index in [0.717, 1.165) is 18.8 Å². The Labute approximate surface area is 116 Å². The van der Waals surface area contributed by atoms with Gasteiger partial charge in [0.15, 0.2) is 0 Å². The zero-order valence-electron chi connectivity index (χ0n) is 12.1. The van der Waals surface area contributed by atoms with Crippen LogP contribution in [0.2, 0.25) is 0 Å². The predicted molar refractivity (Wildman–Crippen MR) is 77.1 cm³/mol. The Kier molecular flexibility index (Phi) is 7.87. The number of nitrogens with zero attached hydrogens (tertiary/aromatic N) is 1. The maximum Gasteiger partial charge on any atom is 0.338 e. The zero-order valence-corrected chi connectivity index (χ0v) is 12.1. The molecule has 0 saturated carbocycles. The van der Waals surface area contributed by atoms with Crippen molar-refractivity contribution in [3.8, 4) is 0 Å². The number of hydrogen-bond donors (Lipinski definition) is 0. The Bertz CT molecular complexity index is 349. The van der Waals surface area contributed by atoms with Crippen molar-refractivity contribution in [3.05, 3.63) is 30.1 Å². The van der Waals surface area contributed by atoms with Crippen LogP contribution in [0.4, 0.5) is 0 Å². The van der Waals surface area contributed by atoms with Crippen LogP contribution in [-0.4, -0.2) is 17.6 Å². The van der Waals surface area contributed by atoms with Gasteiger partial charge in [-0.3, -0.25) is 4.98 Å². The highest BCUT2D eigenvalue weighted by Gasteiger charge is 2.05. The van der Waals surface area contributed by atoms with E-state index in [4.69, 9.17) is 4.74 Å². The van der Waals surface area contributed by atoms with Gasteiger partial charge in [0.05, 0.1) is 12.2 Å². The second-order valence-corrected chi connectivity index (χ2v) is 5.32. The molecule has 3 nitrogen and oxygen atoms in total. The first-order valence-electron chi connectivity index (χ1n) is 7.27.